The fourth-order valence-electron chi connectivity index (χ4n) is 4.23. The molecule has 1 saturated heterocycles. The number of aromatic amines is 1. The fraction of sp³-hybridized carbons (Fsp3) is 0.208. The van der Waals surface area contributed by atoms with E-state index in [-0.39, 0.29) is 22.6 Å². The highest BCUT2D eigenvalue weighted by molar-refractivity contribution is 5.97. The molecule has 0 amide bonds. The topological polar surface area (TPSA) is 101 Å². The number of pyridine rings is 1. The van der Waals surface area contributed by atoms with Gasteiger partial charge in [0.1, 0.15) is 17.6 Å². The van der Waals surface area contributed by atoms with Crippen molar-refractivity contribution < 1.29 is 9.50 Å². The molecule has 3 heterocycles. The number of rotatable bonds is 3. The van der Waals surface area contributed by atoms with E-state index >= 15 is 0 Å². The Balaban J connectivity index is 1.60. The summed E-state index contributed by atoms with van der Waals surface area (Å²) in [7, 11) is 0. The van der Waals surface area contributed by atoms with Gasteiger partial charge >= 0.3 is 0 Å². The number of phenolic OH excluding ortho intramolecular Hbond substituents is 1. The number of nitrogens with one attached hydrogen (secondary N) is 2. The smallest absolute Gasteiger partial charge is 0.182 e. The maximum Gasteiger partial charge on any atom is 0.182 e. The molecule has 2 aromatic carbocycles. The van der Waals surface area contributed by atoms with Crippen molar-refractivity contribution in [3.8, 4) is 34.3 Å². The van der Waals surface area contributed by atoms with Crippen LogP contribution in [0.1, 0.15) is 11.1 Å². The molecule has 2 aromatic heterocycles. The summed E-state index contributed by atoms with van der Waals surface area (Å²) >= 11 is 0. The van der Waals surface area contributed by atoms with Crippen molar-refractivity contribution in [3.63, 3.8) is 0 Å². The molecule has 5 rings (SSSR count). The van der Waals surface area contributed by atoms with E-state index in [2.05, 4.69) is 43.6 Å². The highest BCUT2D eigenvalue weighted by Crippen LogP contribution is 2.35. The Morgan fingerprint density at radius 2 is 1.88 bits per heavy atom. The zero-order valence-electron chi connectivity index (χ0n) is 17.5. The number of phenols is 1. The van der Waals surface area contributed by atoms with Gasteiger partial charge in [-0.05, 0) is 36.8 Å². The zero-order chi connectivity index (χ0) is 22.2. The molecule has 0 aliphatic carbocycles. The van der Waals surface area contributed by atoms with E-state index in [0.717, 1.165) is 54.6 Å². The van der Waals surface area contributed by atoms with Crippen LogP contribution in [0, 0.1) is 24.1 Å². The Kier molecular flexibility index (Phi) is 4.96. The summed E-state index contributed by atoms with van der Waals surface area (Å²) < 4.78 is 14.5. The minimum absolute atomic E-state index is 0.147. The lowest BCUT2D eigenvalue weighted by atomic mass is 9.97. The molecular formula is C24H21FN6O. The van der Waals surface area contributed by atoms with Crippen LogP contribution in [0.15, 0.2) is 42.5 Å². The molecule has 1 aliphatic rings. The summed E-state index contributed by atoms with van der Waals surface area (Å²) in [5.74, 6) is -0.833. The molecule has 0 spiro atoms. The molecule has 32 heavy (non-hydrogen) atoms. The molecule has 7 nitrogen and oxygen atoms in total. The second kappa shape index (κ2) is 7.94. The van der Waals surface area contributed by atoms with E-state index < -0.39 is 5.82 Å². The van der Waals surface area contributed by atoms with Crippen molar-refractivity contribution in [3.05, 3.63) is 59.4 Å². The van der Waals surface area contributed by atoms with Crippen LogP contribution < -0.4 is 10.2 Å². The minimum atomic E-state index is -0.646. The average molecular weight is 428 g/mol. The number of anilines is 1. The molecule has 1 fully saturated rings. The average Bonchev–Trinajstić information content (AvgIpc) is 3.24. The summed E-state index contributed by atoms with van der Waals surface area (Å²) in [5.41, 5.74) is 4.59. The Morgan fingerprint density at radius 1 is 1.12 bits per heavy atom. The van der Waals surface area contributed by atoms with Gasteiger partial charge in [0, 0.05) is 49.1 Å². The summed E-state index contributed by atoms with van der Waals surface area (Å²) in [6, 6.07) is 14.2. The van der Waals surface area contributed by atoms with E-state index in [9.17, 15) is 14.8 Å². The molecule has 160 valence electrons. The molecule has 0 atom stereocenters. The Labute approximate surface area is 184 Å². The summed E-state index contributed by atoms with van der Waals surface area (Å²) in [6.07, 6.45) is 0. The van der Waals surface area contributed by atoms with Crippen LogP contribution in [0.5, 0.6) is 5.75 Å². The van der Waals surface area contributed by atoms with Crippen LogP contribution in [0.4, 0.5) is 10.1 Å². The molecule has 0 radical (unpaired) electrons. The van der Waals surface area contributed by atoms with Gasteiger partial charge in [0.15, 0.2) is 5.65 Å². The molecule has 0 saturated carbocycles. The van der Waals surface area contributed by atoms with Gasteiger partial charge in [-0.3, -0.25) is 5.10 Å². The van der Waals surface area contributed by atoms with Gasteiger partial charge in [-0.2, -0.15) is 10.4 Å². The lowest BCUT2D eigenvalue weighted by Gasteiger charge is -2.29. The number of H-pyrrole nitrogens is 1. The van der Waals surface area contributed by atoms with Crippen molar-refractivity contribution in [1.82, 2.24) is 20.5 Å². The zero-order valence-corrected chi connectivity index (χ0v) is 17.5. The van der Waals surface area contributed by atoms with Gasteiger partial charge in [0.25, 0.3) is 0 Å². The van der Waals surface area contributed by atoms with Gasteiger partial charge in [0.2, 0.25) is 0 Å². The van der Waals surface area contributed by atoms with Crippen molar-refractivity contribution >= 4 is 16.7 Å². The number of halogens is 1. The number of fused-ring (bicyclic) bond motifs is 1. The number of nitrogens with zero attached hydrogens (tertiary/aromatic N) is 4. The molecule has 8 heteroatoms. The van der Waals surface area contributed by atoms with Gasteiger partial charge < -0.3 is 15.3 Å². The Morgan fingerprint density at radius 3 is 2.56 bits per heavy atom. The van der Waals surface area contributed by atoms with Gasteiger partial charge in [-0.15, -0.1) is 0 Å². The van der Waals surface area contributed by atoms with Crippen molar-refractivity contribution in [2.45, 2.75) is 6.92 Å². The van der Waals surface area contributed by atoms with Crippen LogP contribution in [-0.2, 0) is 0 Å². The van der Waals surface area contributed by atoms with Gasteiger partial charge in [0.05, 0.1) is 22.3 Å². The lowest BCUT2D eigenvalue weighted by molar-refractivity contribution is 0.469. The molecular weight excluding hydrogens is 407 g/mol. The van der Waals surface area contributed by atoms with E-state index in [4.69, 9.17) is 0 Å². The third-order valence-electron chi connectivity index (χ3n) is 5.91. The quantitative estimate of drug-likeness (QED) is 0.460. The number of aromatic hydroxyl groups is 1. The second-order valence-corrected chi connectivity index (χ2v) is 7.82. The third-order valence-corrected chi connectivity index (χ3v) is 5.91. The van der Waals surface area contributed by atoms with Crippen LogP contribution >= 0.6 is 0 Å². The van der Waals surface area contributed by atoms with Crippen LogP contribution in [0.25, 0.3) is 33.5 Å². The normalized spacial score (nSPS) is 14.0. The monoisotopic (exact) mass is 428 g/mol. The lowest BCUT2D eigenvalue weighted by Crippen LogP contribution is -2.43. The number of nitriles is 1. The third kappa shape index (κ3) is 3.33. The molecule has 3 N–H and O–H groups in total. The number of piperazine rings is 1. The number of hydrogen-bond acceptors (Lipinski definition) is 6. The first-order valence-corrected chi connectivity index (χ1v) is 10.4. The standard InChI is InChI=1S/C24H21FN6O/c1-14-19(13-26)23(18-7-6-17(32)12-20(18)25)28-24-21(14)22(29-30-24)15-2-4-16(5-3-15)31-10-8-27-9-11-31/h2-7,12,27,32H,8-11H2,1H3,(H,28,29,30). The molecule has 1 aliphatic heterocycles. The number of aryl methyl sites for hydroxylation is 1. The Hall–Kier alpha value is -3.96. The van der Waals surface area contributed by atoms with Crippen molar-refractivity contribution in [2.24, 2.45) is 0 Å². The SMILES string of the molecule is Cc1c(C#N)c(-c2ccc(O)cc2F)nc2n[nH]c(-c3ccc(N4CCNCC4)cc3)c12. The highest BCUT2D eigenvalue weighted by Gasteiger charge is 2.21. The number of benzene rings is 2. The van der Waals surface area contributed by atoms with Crippen molar-refractivity contribution in [2.75, 3.05) is 31.1 Å². The minimum Gasteiger partial charge on any atom is -0.508 e. The van der Waals surface area contributed by atoms with E-state index in [1.165, 1.54) is 12.1 Å². The number of aromatic nitrogens is 3. The molecule has 0 bridgehead atoms. The van der Waals surface area contributed by atoms with E-state index in [0.29, 0.717) is 11.2 Å². The van der Waals surface area contributed by atoms with Crippen molar-refractivity contribution in [1.29, 1.82) is 5.26 Å². The summed E-state index contributed by atoms with van der Waals surface area (Å²) in [4.78, 5) is 6.84. The first-order valence-electron chi connectivity index (χ1n) is 10.4. The van der Waals surface area contributed by atoms with E-state index in [1.807, 2.05) is 19.1 Å². The number of hydrogen-bond donors (Lipinski definition) is 3. The van der Waals surface area contributed by atoms with Crippen LogP contribution in [-0.4, -0.2) is 46.5 Å². The predicted octanol–water partition coefficient (Wildman–Crippen LogP) is 3.73. The molecule has 0 unspecified atom stereocenters. The van der Waals surface area contributed by atoms with Gasteiger partial charge in [-0.25, -0.2) is 9.37 Å². The first-order chi connectivity index (χ1) is 15.6. The maximum absolute atomic E-state index is 14.5. The second-order valence-electron chi connectivity index (χ2n) is 7.82. The van der Waals surface area contributed by atoms with Crippen LogP contribution in [0.2, 0.25) is 0 Å². The van der Waals surface area contributed by atoms with Gasteiger partial charge in [-0.1, -0.05) is 12.1 Å². The summed E-state index contributed by atoms with van der Waals surface area (Å²) in [6.45, 7) is 5.70. The van der Waals surface area contributed by atoms with E-state index in [1.54, 1.807) is 0 Å². The fourth-order valence-corrected chi connectivity index (χ4v) is 4.23. The first kappa shape index (κ1) is 20.0. The summed E-state index contributed by atoms with van der Waals surface area (Å²) in [5, 5.41) is 30.8. The largest absolute Gasteiger partial charge is 0.508 e. The Bertz CT molecular complexity index is 1350. The highest BCUT2D eigenvalue weighted by atomic mass is 19.1. The predicted molar refractivity (Wildman–Crippen MR) is 121 cm³/mol. The maximum atomic E-state index is 14.5. The molecule has 4 aromatic rings. The van der Waals surface area contributed by atoms with Crippen LogP contribution in [0.3, 0.4) is 0 Å².